The van der Waals surface area contributed by atoms with Gasteiger partial charge < -0.3 is 10.5 Å². The summed E-state index contributed by atoms with van der Waals surface area (Å²) in [4.78, 5) is 22.2. The van der Waals surface area contributed by atoms with Crippen molar-refractivity contribution in [3.63, 3.8) is 0 Å². The molecule has 2 rings (SSSR count). The van der Waals surface area contributed by atoms with Crippen molar-refractivity contribution >= 4 is 32.6 Å². The van der Waals surface area contributed by atoms with Gasteiger partial charge in [0.15, 0.2) is 16.4 Å². The van der Waals surface area contributed by atoms with Gasteiger partial charge in [-0.05, 0) is 6.92 Å². The van der Waals surface area contributed by atoms with Gasteiger partial charge in [-0.15, -0.1) is 0 Å². The Kier molecular flexibility index (Phi) is 2.97. The zero-order valence-electron chi connectivity index (χ0n) is 9.98. The van der Waals surface area contributed by atoms with Gasteiger partial charge in [0.1, 0.15) is 11.8 Å². The van der Waals surface area contributed by atoms with Gasteiger partial charge in [0.2, 0.25) is 0 Å². The number of aryl methyl sites for hydroxylation is 2. The predicted octanol–water partition coefficient (Wildman–Crippen LogP) is 1.98. The Morgan fingerprint density at radius 3 is 2.88 bits per heavy atom. The van der Waals surface area contributed by atoms with Crippen molar-refractivity contribution in [2.45, 2.75) is 13.8 Å². The maximum absolute atomic E-state index is 11.6. The predicted molar refractivity (Wildman–Crippen MR) is 68.1 cm³/mol. The number of anilines is 1. The van der Waals surface area contributed by atoms with Gasteiger partial charge in [-0.3, -0.25) is 0 Å². The molecule has 0 amide bonds. The van der Waals surface area contributed by atoms with E-state index in [0.29, 0.717) is 6.61 Å². The minimum Gasteiger partial charge on any atom is -0.461 e. The van der Waals surface area contributed by atoms with Crippen molar-refractivity contribution < 1.29 is 9.53 Å². The number of carbonyl (C=O) groups excluding carboxylic acids is 1. The minimum absolute atomic E-state index is 0.0727. The monoisotopic (exact) mass is 252 g/mol. The maximum atomic E-state index is 11.6. The number of fused-ring (bicyclic) bond motifs is 1. The fourth-order valence-corrected chi connectivity index (χ4v) is 2.79. The summed E-state index contributed by atoms with van der Waals surface area (Å²) >= 11 is 0. The van der Waals surface area contributed by atoms with Crippen LogP contribution in [0.25, 0.3) is 10.3 Å². The Hall–Kier alpha value is -1.69. The second kappa shape index (κ2) is 4.29. The summed E-state index contributed by atoms with van der Waals surface area (Å²) in [5, 5.41) is 0. The molecule has 0 aliphatic rings. The van der Waals surface area contributed by atoms with E-state index in [0.717, 1.165) is 10.3 Å². The van der Waals surface area contributed by atoms with E-state index in [1.165, 1.54) is 4.88 Å². The standard InChI is InChI=1S/C11H13N3O2S/c1-4-16-11(15)8-9(12)14-10-7(13-8)5-6(2)17(10)3/h5H,4H2,1-3H3,(H-,12,14,15)/p+1. The number of esters is 1. The molecule has 90 valence electrons. The molecule has 1 atom stereocenters. The first-order valence-corrected chi connectivity index (χ1v) is 6.86. The summed E-state index contributed by atoms with van der Waals surface area (Å²) in [6.07, 6.45) is 2.07. The summed E-state index contributed by atoms with van der Waals surface area (Å²) in [6, 6.07) is 1.94. The van der Waals surface area contributed by atoms with Gasteiger partial charge in [0, 0.05) is 23.5 Å². The van der Waals surface area contributed by atoms with Gasteiger partial charge in [-0.25, -0.2) is 9.78 Å². The van der Waals surface area contributed by atoms with Crippen LogP contribution < -0.4 is 5.73 Å². The summed E-state index contributed by atoms with van der Waals surface area (Å²) in [7, 11) is -0.0727. The van der Waals surface area contributed by atoms with Crippen LogP contribution in [0.1, 0.15) is 22.3 Å². The molecule has 0 saturated carbocycles. The molecule has 2 aromatic rings. The third-order valence-electron chi connectivity index (χ3n) is 2.50. The molecule has 0 saturated heterocycles. The molecule has 6 heteroatoms. The fourth-order valence-electron chi connectivity index (χ4n) is 1.55. The number of hydrogen-bond acceptors (Lipinski definition) is 5. The Balaban J connectivity index is 2.59. The van der Waals surface area contributed by atoms with E-state index in [-0.39, 0.29) is 22.0 Å². The minimum atomic E-state index is -0.519. The van der Waals surface area contributed by atoms with Gasteiger partial charge in [-0.1, -0.05) is 0 Å². The lowest BCUT2D eigenvalue weighted by molar-refractivity contribution is 0.0521. The molecule has 2 N–H and O–H groups in total. The molecule has 2 aromatic heterocycles. The lowest BCUT2D eigenvalue weighted by Gasteiger charge is -2.02. The molecule has 0 aliphatic carbocycles. The van der Waals surface area contributed by atoms with Gasteiger partial charge >= 0.3 is 5.97 Å². The Bertz CT molecular complexity index is 592. The lowest BCUT2D eigenvalue weighted by atomic mass is 10.4. The van der Waals surface area contributed by atoms with Crippen LogP contribution in [0.4, 0.5) is 5.82 Å². The lowest BCUT2D eigenvalue weighted by Crippen LogP contribution is -2.11. The summed E-state index contributed by atoms with van der Waals surface area (Å²) in [5.74, 6) is -0.376. The highest BCUT2D eigenvalue weighted by molar-refractivity contribution is 7.35. The molecular formula is C11H14N3O2S+. The topological polar surface area (TPSA) is 78.1 Å². The third kappa shape index (κ3) is 1.95. The third-order valence-corrected chi connectivity index (χ3v) is 4.46. The molecule has 1 unspecified atom stereocenters. The largest absolute Gasteiger partial charge is 0.461 e. The van der Waals surface area contributed by atoms with Crippen LogP contribution in [0.3, 0.4) is 0 Å². The number of nitrogens with zero attached hydrogens (tertiary/aromatic N) is 2. The van der Waals surface area contributed by atoms with Crippen molar-refractivity contribution in [2.24, 2.45) is 6.26 Å². The van der Waals surface area contributed by atoms with Crippen molar-refractivity contribution in [3.8, 4) is 0 Å². The smallest absolute Gasteiger partial charge is 0.360 e. The van der Waals surface area contributed by atoms with Crippen LogP contribution in [-0.2, 0) is 11.0 Å². The van der Waals surface area contributed by atoms with Crippen LogP contribution in [-0.4, -0.2) is 22.5 Å². The Morgan fingerprint density at radius 2 is 2.24 bits per heavy atom. The molecule has 0 spiro atoms. The van der Waals surface area contributed by atoms with E-state index in [1.54, 1.807) is 6.92 Å². The molecule has 5 nitrogen and oxygen atoms in total. The second-order valence-electron chi connectivity index (χ2n) is 3.63. The fraction of sp³-hybridized carbons (Fsp3) is 0.364. The first-order valence-electron chi connectivity index (χ1n) is 5.23. The van der Waals surface area contributed by atoms with Crippen LogP contribution in [0, 0.1) is 6.92 Å². The molecular weight excluding hydrogens is 238 g/mol. The first-order chi connectivity index (χ1) is 8.04. The van der Waals surface area contributed by atoms with Crippen molar-refractivity contribution in [2.75, 3.05) is 12.3 Å². The molecule has 0 aromatic carbocycles. The molecule has 0 bridgehead atoms. The molecule has 17 heavy (non-hydrogen) atoms. The number of ether oxygens (including phenoxy) is 1. The zero-order valence-corrected chi connectivity index (χ0v) is 10.8. The maximum Gasteiger partial charge on any atom is 0.360 e. The van der Waals surface area contributed by atoms with E-state index in [4.69, 9.17) is 10.5 Å². The van der Waals surface area contributed by atoms with Crippen molar-refractivity contribution in [1.29, 1.82) is 0 Å². The molecule has 0 aliphatic heterocycles. The molecule has 2 heterocycles. The highest BCUT2D eigenvalue weighted by atomic mass is 32.2. The van der Waals surface area contributed by atoms with Crippen LogP contribution in [0.15, 0.2) is 6.07 Å². The van der Waals surface area contributed by atoms with Crippen LogP contribution in [0.5, 0.6) is 0 Å². The quantitative estimate of drug-likeness (QED) is 0.653. The number of carbonyl (C=O) groups is 1. The normalized spacial score (nSPS) is 11.8. The summed E-state index contributed by atoms with van der Waals surface area (Å²) in [6.45, 7) is 4.05. The van der Waals surface area contributed by atoms with Crippen molar-refractivity contribution in [1.82, 2.24) is 9.97 Å². The van der Waals surface area contributed by atoms with E-state index in [9.17, 15) is 4.79 Å². The van der Waals surface area contributed by atoms with Gasteiger partial charge in [-0.2, -0.15) is 4.98 Å². The number of hydrogen-bond donors (Lipinski definition) is 1. The van der Waals surface area contributed by atoms with Crippen LogP contribution in [0.2, 0.25) is 0 Å². The van der Waals surface area contributed by atoms with E-state index in [1.807, 2.05) is 13.0 Å². The second-order valence-corrected chi connectivity index (χ2v) is 5.68. The first kappa shape index (κ1) is 11.8. The van der Waals surface area contributed by atoms with E-state index < -0.39 is 5.97 Å². The number of nitrogens with two attached hydrogens (primary N) is 1. The molecule has 0 fully saturated rings. The highest BCUT2D eigenvalue weighted by Crippen LogP contribution is 2.32. The zero-order chi connectivity index (χ0) is 12.6. The van der Waals surface area contributed by atoms with E-state index in [2.05, 4.69) is 16.2 Å². The number of nitrogen functional groups attached to an aromatic ring is 1. The SMILES string of the molecule is CCOC(=O)c1nc2cc(C)[s+](C)c2nc1N. The Morgan fingerprint density at radius 1 is 1.53 bits per heavy atom. The number of aromatic nitrogens is 2. The Labute approximate surface area is 102 Å². The molecule has 0 radical (unpaired) electrons. The van der Waals surface area contributed by atoms with Gasteiger partial charge in [0.05, 0.1) is 6.61 Å². The average Bonchev–Trinajstić information content (AvgIpc) is 2.55. The number of thiophene rings is 1. The van der Waals surface area contributed by atoms with E-state index >= 15 is 0 Å². The summed E-state index contributed by atoms with van der Waals surface area (Å²) in [5.41, 5.74) is 6.57. The highest BCUT2D eigenvalue weighted by Gasteiger charge is 2.22. The van der Waals surface area contributed by atoms with Crippen molar-refractivity contribution in [3.05, 3.63) is 16.6 Å². The number of rotatable bonds is 2. The summed E-state index contributed by atoms with van der Waals surface area (Å²) < 4.78 is 4.88. The van der Waals surface area contributed by atoms with Gasteiger partial charge in [0.25, 0.3) is 4.83 Å². The van der Waals surface area contributed by atoms with Crippen LogP contribution >= 0.6 is 10.5 Å². The average molecular weight is 252 g/mol.